The molecule has 0 spiro atoms. The van der Waals surface area contributed by atoms with E-state index in [1.54, 1.807) is 11.5 Å². The van der Waals surface area contributed by atoms with E-state index in [9.17, 15) is 13.2 Å². The van der Waals surface area contributed by atoms with Gasteiger partial charge in [-0.25, -0.2) is 0 Å². The van der Waals surface area contributed by atoms with Gasteiger partial charge in [0.15, 0.2) is 0 Å². The van der Waals surface area contributed by atoms with Gasteiger partial charge in [-0.3, -0.25) is 4.79 Å². The van der Waals surface area contributed by atoms with Crippen molar-refractivity contribution in [2.75, 3.05) is 20.7 Å². The van der Waals surface area contributed by atoms with Crippen LogP contribution < -0.4 is 10.3 Å². The SMILES string of the molecule is Cc1ccc(C2CCC(OCC3C(NS(=O)(=O)N(C)C)CCc4ccc(C)c(=O)n43)CC2)cc1. The van der Waals surface area contributed by atoms with Gasteiger partial charge in [0.05, 0.1) is 18.8 Å². The Morgan fingerprint density at radius 1 is 1.00 bits per heavy atom. The van der Waals surface area contributed by atoms with E-state index >= 15 is 0 Å². The zero-order chi connectivity index (χ0) is 24.5. The third kappa shape index (κ3) is 5.46. The van der Waals surface area contributed by atoms with Gasteiger partial charge in [0, 0.05) is 31.4 Å². The van der Waals surface area contributed by atoms with Crippen molar-refractivity contribution < 1.29 is 13.2 Å². The molecule has 1 aliphatic heterocycles. The molecule has 1 fully saturated rings. The number of hydrogen-bond donors (Lipinski definition) is 1. The van der Waals surface area contributed by atoms with Crippen molar-refractivity contribution in [3.8, 4) is 0 Å². The normalized spacial score (nSPS) is 25.3. The molecule has 2 aromatic rings. The molecule has 1 saturated carbocycles. The molecule has 2 unspecified atom stereocenters. The lowest BCUT2D eigenvalue weighted by Crippen LogP contribution is -2.52. The smallest absolute Gasteiger partial charge is 0.279 e. The molecule has 2 heterocycles. The molecule has 4 rings (SSSR count). The van der Waals surface area contributed by atoms with Gasteiger partial charge in [0.2, 0.25) is 0 Å². The van der Waals surface area contributed by atoms with E-state index in [4.69, 9.17) is 4.74 Å². The highest BCUT2D eigenvalue weighted by molar-refractivity contribution is 7.87. The first-order valence-corrected chi connectivity index (χ1v) is 13.7. The first-order valence-electron chi connectivity index (χ1n) is 12.2. The Morgan fingerprint density at radius 3 is 2.32 bits per heavy atom. The molecule has 2 aliphatic rings. The van der Waals surface area contributed by atoms with E-state index < -0.39 is 16.3 Å². The maximum Gasteiger partial charge on any atom is 0.279 e. The summed E-state index contributed by atoms with van der Waals surface area (Å²) in [5, 5.41) is 0. The van der Waals surface area contributed by atoms with E-state index in [0.29, 0.717) is 30.9 Å². The number of pyridine rings is 1. The Kier molecular flexibility index (Phi) is 7.62. The van der Waals surface area contributed by atoms with Crippen molar-refractivity contribution in [1.82, 2.24) is 13.6 Å². The standard InChI is InChI=1S/C26H37N3O4S/c1-18-5-8-20(9-6-18)21-10-14-23(15-11-21)33-17-25-24(27-34(31,32)28(3)4)16-13-22-12-7-19(2)26(30)29(22)25/h5-9,12,21,23-25,27H,10-11,13-17H2,1-4H3. The number of rotatable bonds is 7. The summed E-state index contributed by atoms with van der Waals surface area (Å²) in [5.74, 6) is 0.556. The second kappa shape index (κ2) is 10.3. The number of benzene rings is 1. The third-order valence-corrected chi connectivity index (χ3v) is 8.97. The van der Waals surface area contributed by atoms with E-state index in [0.717, 1.165) is 31.4 Å². The van der Waals surface area contributed by atoms with Gasteiger partial charge in [-0.15, -0.1) is 0 Å². The fourth-order valence-electron chi connectivity index (χ4n) is 5.20. The van der Waals surface area contributed by atoms with Gasteiger partial charge >= 0.3 is 0 Å². The third-order valence-electron chi connectivity index (χ3n) is 7.41. The average Bonchev–Trinajstić information content (AvgIpc) is 2.81. The minimum absolute atomic E-state index is 0.0667. The zero-order valence-electron chi connectivity index (χ0n) is 20.7. The zero-order valence-corrected chi connectivity index (χ0v) is 21.5. The number of ether oxygens (including phenoxy) is 1. The number of aryl methyl sites for hydroxylation is 3. The number of aromatic nitrogens is 1. The van der Waals surface area contributed by atoms with Crippen LogP contribution in [0, 0.1) is 13.8 Å². The van der Waals surface area contributed by atoms with Gasteiger partial charge in [-0.05, 0) is 69.9 Å². The van der Waals surface area contributed by atoms with Gasteiger partial charge in [-0.2, -0.15) is 17.4 Å². The van der Waals surface area contributed by atoms with Crippen LogP contribution in [0.4, 0.5) is 0 Å². The highest BCUT2D eigenvalue weighted by atomic mass is 32.2. The fraction of sp³-hybridized carbons (Fsp3) is 0.577. The predicted octanol–water partition coefficient (Wildman–Crippen LogP) is 3.46. The molecule has 1 aliphatic carbocycles. The molecular weight excluding hydrogens is 450 g/mol. The number of nitrogens with zero attached hydrogens (tertiary/aromatic N) is 2. The quantitative estimate of drug-likeness (QED) is 0.649. The van der Waals surface area contributed by atoms with Crippen LogP contribution in [0.5, 0.6) is 0 Å². The second-order valence-electron chi connectivity index (χ2n) is 10.0. The van der Waals surface area contributed by atoms with Crippen LogP contribution in [-0.2, 0) is 21.4 Å². The van der Waals surface area contributed by atoms with Crippen LogP contribution in [0.3, 0.4) is 0 Å². The molecule has 8 heteroatoms. The molecule has 0 radical (unpaired) electrons. The lowest BCUT2D eigenvalue weighted by atomic mass is 9.82. The van der Waals surface area contributed by atoms with Gasteiger partial charge in [0.25, 0.3) is 15.8 Å². The molecule has 186 valence electrons. The van der Waals surface area contributed by atoms with Crippen molar-refractivity contribution in [1.29, 1.82) is 0 Å². The first-order chi connectivity index (χ1) is 16.2. The number of hydrogen-bond acceptors (Lipinski definition) is 4. The minimum Gasteiger partial charge on any atom is -0.376 e. The lowest BCUT2D eigenvalue weighted by molar-refractivity contribution is -0.00177. The molecule has 1 N–H and O–H groups in total. The van der Waals surface area contributed by atoms with Gasteiger partial charge < -0.3 is 9.30 Å². The van der Waals surface area contributed by atoms with Crippen LogP contribution in [-0.4, -0.2) is 50.1 Å². The van der Waals surface area contributed by atoms with E-state index in [1.807, 2.05) is 12.1 Å². The van der Waals surface area contributed by atoms with Gasteiger partial charge in [0.1, 0.15) is 0 Å². The Labute approximate surface area is 203 Å². The maximum absolute atomic E-state index is 13.1. The first kappa shape index (κ1) is 25.1. The minimum atomic E-state index is -3.63. The van der Waals surface area contributed by atoms with E-state index in [-0.39, 0.29) is 17.7 Å². The highest BCUT2D eigenvalue weighted by Crippen LogP contribution is 2.35. The fourth-order valence-corrected chi connectivity index (χ4v) is 6.07. The largest absolute Gasteiger partial charge is 0.376 e. The average molecular weight is 488 g/mol. The number of fused-ring (bicyclic) bond motifs is 1. The van der Waals surface area contributed by atoms with E-state index in [1.165, 1.54) is 29.5 Å². The molecule has 0 bridgehead atoms. The summed E-state index contributed by atoms with van der Waals surface area (Å²) >= 11 is 0. The summed E-state index contributed by atoms with van der Waals surface area (Å²) in [6.07, 6.45) is 5.48. The monoisotopic (exact) mass is 487 g/mol. The molecule has 1 aromatic carbocycles. The van der Waals surface area contributed by atoms with Crippen molar-refractivity contribution in [2.45, 2.75) is 76.5 Å². The van der Waals surface area contributed by atoms with Crippen molar-refractivity contribution in [3.05, 3.63) is 69.1 Å². The summed E-state index contributed by atoms with van der Waals surface area (Å²) in [6.45, 7) is 4.22. The van der Waals surface area contributed by atoms with Gasteiger partial charge in [-0.1, -0.05) is 35.9 Å². The summed E-state index contributed by atoms with van der Waals surface area (Å²) in [4.78, 5) is 13.1. The summed E-state index contributed by atoms with van der Waals surface area (Å²) in [5.41, 5.74) is 4.20. The Balaban J connectivity index is 1.47. The molecular formula is C26H37N3O4S. The molecule has 0 saturated heterocycles. The van der Waals surface area contributed by atoms with Crippen molar-refractivity contribution >= 4 is 10.2 Å². The molecule has 0 amide bonds. The molecule has 2 atom stereocenters. The van der Waals surface area contributed by atoms with Crippen molar-refractivity contribution in [3.63, 3.8) is 0 Å². The predicted molar refractivity (Wildman–Crippen MR) is 134 cm³/mol. The number of nitrogens with one attached hydrogen (secondary N) is 1. The molecule has 7 nitrogen and oxygen atoms in total. The van der Waals surface area contributed by atoms with Crippen LogP contribution in [0.2, 0.25) is 0 Å². The summed E-state index contributed by atoms with van der Waals surface area (Å²) in [6, 6.07) is 11.9. The van der Waals surface area contributed by atoms with Crippen LogP contribution in [0.15, 0.2) is 41.2 Å². The lowest BCUT2D eigenvalue weighted by Gasteiger charge is -2.37. The Morgan fingerprint density at radius 2 is 1.68 bits per heavy atom. The Hall–Kier alpha value is -2.00. The summed E-state index contributed by atoms with van der Waals surface area (Å²) < 4.78 is 37.3. The molecule has 34 heavy (non-hydrogen) atoms. The highest BCUT2D eigenvalue weighted by Gasteiger charge is 2.35. The van der Waals surface area contributed by atoms with Crippen molar-refractivity contribution in [2.24, 2.45) is 0 Å². The second-order valence-corrected chi connectivity index (χ2v) is 11.9. The Bertz CT molecular complexity index is 1150. The van der Waals surface area contributed by atoms with Crippen LogP contribution >= 0.6 is 0 Å². The summed E-state index contributed by atoms with van der Waals surface area (Å²) in [7, 11) is -0.613. The van der Waals surface area contributed by atoms with Crippen LogP contribution in [0.1, 0.15) is 66.4 Å². The van der Waals surface area contributed by atoms with Crippen LogP contribution in [0.25, 0.3) is 0 Å². The topological polar surface area (TPSA) is 80.6 Å². The maximum atomic E-state index is 13.1. The van der Waals surface area contributed by atoms with E-state index in [2.05, 4.69) is 35.9 Å². The molecule has 1 aromatic heterocycles.